The maximum absolute atomic E-state index is 12.4. The van der Waals surface area contributed by atoms with E-state index in [1.165, 1.54) is 11.6 Å². The number of amides is 1. The average molecular weight is 351 g/mol. The Morgan fingerprint density at radius 1 is 1.42 bits per heavy atom. The summed E-state index contributed by atoms with van der Waals surface area (Å²) in [6.07, 6.45) is 5.02. The number of H-pyrrole nitrogens is 1. The molecule has 0 aliphatic heterocycles. The molecule has 0 unspecified atom stereocenters. The smallest absolute Gasteiger partial charge is 0.266 e. The van der Waals surface area contributed by atoms with Gasteiger partial charge in [-0.15, -0.1) is 0 Å². The van der Waals surface area contributed by atoms with Gasteiger partial charge in [0.2, 0.25) is 5.91 Å². The van der Waals surface area contributed by atoms with Crippen molar-refractivity contribution in [1.82, 2.24) is 24.9 Å². The molecule has 0 radical (unpaired) electrons. The van der Waals surface area contributed by atoms with Crippen LogP contribution < -0.4 is 10.9 Å². The van der Waals surface area contributed by atoms with Gasteiger partial charge in [0.05, 0.1) is 6.42 Å². The highest BCUT2D eigenvalue weighted by Gasteiger charge is 2.38. The van der Waals surface area contributed by atoms with Crippen molar-refractivity contribution >= 4 is 11.6 Å². The lowest BCUT2D eigenvalue weighted by Gasteiger charge is -2.11. The van der Waals surface area contributed by atoms with Gasteiger partial charge < -0.3 is 5.32 Å². The number of fused-ring (bicyclic) bond motifs is 1. The van der Waals surface area contributed by atoms with E-state index >= 15 is 0 Å². The molecule has 7 nitrogen and oxygen atoms in total. The van der Waals surface area contributed by atoms with E-state index in [9.17, 15) is 9.59 Å². The summed E-state index contributed by atoms with van der Waals surface area (Å²) in [5, 5.41) is 5.74. The van der Waals surface area contributed by atoms with Crippen molar-refractivity contribution in [2.24, 2.45) is 5.92 Å². The maximum Gasteiger partial charge on any atom is 0.266 e. The Kier molecular flexibility index (Phi) is 4.06. The van der Waals surface area contributed by atoms with Gasteiger partial charge in [0.25, 0.3) is 5.56 Å². The lowest BCUT2D eigenvalue weighted by molar-refractivity contribution is -0.120. The van der Waals surface area contributed by atoms with Crippen molar-refractivity contribution in [3.8, 4) is 0 Å². The molecule has 1 fully saturated rings. The lowest BCUT2D eigenvalue weighted by atomic mass is 10.1. The molecule has 0 aromatic carbocycles. The summed E-state index contributed by atoms with van der Waals surface area (Å²) < 4.78 is 1.64. The first-order valence-corrected chi connectivity index (χ1v) is 8.77. The Bertz CT molecular complexity index is 1020. The second-order valence-corrected chi connectivity index (χ2v) is 6.94. The van der Waals surface area contributed by atoms with Gasteiger partial charge in [-0.05, 0) is 43.7 Å². The van der Waals surface area contributed by atoms with Crippen molar-refractivity contribution in [3.63, 3.8) is 0 Å². The van der Waals surface area contributed by atoms with Gasteiger partial charge in [-0.3, -0.25) is 19.7 Å². The summed E-state index contributed by atoms with van der Waals surface area (Å²) in [4.78, 5) is 32.5. The molecule has 0 spiro atoms. The Morgan fingerprint density at radius 3 is 3.04 bits per heavy atom. The minimum atomic E-state index is -0.197. The highest BCUT2D eigenvalue weighted by atomic mass is 16.1. The first-order valence-electron chi connectivity index (χ1n) is 8.77. The van der Waals surface area contributed by atoms with Crippen LogP contribution >= 0.6 is 0 Å². The third-order valence-electron chi connectivity index (χ3n) is 5.14. The molecule has 134 valence electrons. The van der Waals surface area contributed by atoms with Gasteiger partial charge in [-0.2, -0.15) is 0 Å². The van der Waals surface area contributed by atoms with Crippen LogP contribution in [0.3, 0.4) is 0 Å². The number of nitrogens with zero attached hydrogens (tertiary/aromatic N) is 3. The predicted molar refractivity (Wildman–Crippen MR) is 97.1 cm³/mol. The molecular weight excluding hydrogens is 330 g/mol. The first kappa shape index (κ1) is 16.5. The Morgan fingerprint density at radius 2 is 2.27 bits per heavy atom. The fourth-order valence-corrected chi connectivity index (χ4v) is 3.56. The zero-order chi connectivity index (χ0) is 18.3. The summed E-state index contributed by atoms with van der Waals surface area (Å²) in [7, 11) is 0. The van der Waals surface area contributed by atoms with Crippen LogP contribution in [0.25, 0.3) is 5.65 Å². The number of aromatic amines is 1. The molecule has 7 heteroatoms. The van der Waals surface area contributed by atoms with Crippen molar-refractivity contribution in [1.29, 1.82) is 0 Å². The number of aryl methyl sites for hydroxylation is 2. The van der Waals surface area contributed by atoms with Gasteiger partial charge >= 0.3 is 0 Å². The molecule has 2 atom stereocenters. The van der Waals surface area contributed by atoms with Gasteiger partial charge in [-0.1, -0.05) is 6.07 Å². The number of nitrogens with one attached hydrogen (secondary N) is 2. The fourth-order valence-electron chi connectivity index (χ4n) is 3.56. The third-order valence-corrected chi connectivity index (χ3v) is 5.14. The first-order chi connectivity index (χ1) is 12.5. The molecule has 0 bridgehead atoms. The zero-order valence-corrected chi connectivity index (χ0v) is 14.8. The molecule has 3 heterocycles. The summed E-state index contributed by atoms with van der Waals surface area (Å²) in [6, 6.07) is 5.49. The van der Waals surface area contributed by atoms with E-state index in [0.717, 1.165) is 23.4 Å². The Hall–Kier alpha value is -2.96. The summed E-state index contributed by atoms with van der Waals surface area (Å²) in [5.41, 5.74) is 4.08. The second-order valence-electron chi connectivity index (χ2n) is 6.94. The molecule has 1 aliphatic rings. The largest absolute Gasteiger partial charge is 0.356 e. The van der Waals surface area contributed by atoms with Gasteiger partial charge in [0.15, 0.2) is 5.65 Å². The Balaban J connectivity index is 1.40. The topological polar surface area (TPSA) is 92.1 Å². The minimum absolute atomic E-state index is 0.0244. The number of pyridine rings is 1. The lowest BCUT2D eigenvalue weighted by Crippen LogP contribution is -2.28. The number of hydrogen-bond donors (Lipinski definition) is 2. The van der Waals surface area contributed by atoms with E-state index < -0.39 is 0 Å². The van der Waals surface area contributed by atoms with E-state index in [0.29, 0.717) is 24.0 Å². The van der Waals surface area contributed by atoms with E-state index in [2.05, 4.69) is 26.4 Å². The molecule has 1 aliphatic carbocycles. The predicted octanol–water partition coefficient (Wildman–Crippen LogP) is 1.50. The van der Waals surface area contributed by atoms with Crippen molar-refractivity contribution in [2.45, 2.75) is 32.6 Å². The summed E-state index contributed by atoms with van der Waals surface area (Å²) in [6.45, 7) is 4.43. The SMILES string of the molecule is Cc1nc2cc(=O)[nH]n2c(C)c1CC(=O)NC[C@@H]1C[C@H]1c1cccnc1. The summed E-state index contributed by atoms with van der Waals surface area (Å²) in [5.74, 6) is 0.950. The number of carbonyl (C=O) groups excluding carboxylic acids is 1. The van der Waals surface area contributed by atoms with Gasteiger partial charge in [0, 0.05) is 42.0 Å². The standard InChI is InChI=1S/C19H21N5O2/c1-11-15(12(2)24-17(22-11)8-19(26)23-24)7-18(25)21-10-14-6-16(14)13-4-3-5-20-9-13/h3-5,8-9,14,16H,6-7,10H2,1-2H3,(H,21,25)(H,23,26)/t14-,16-/m0/s1. The molecule has 1 amide bonds. The highest BCUT2D eigenvalue weighted by Crippen LogP contribution is 2.46. The van der Waals surface area contributed by atoms with Gasteiger partial charge in [-0.25, -0.2) is 9.50 Å². The van der Waals surface area contributed by atoms with Crippen LogP contribution in [-0.4, -0.2) is 32.0 Å². The molecule has 3 aromatic heterocycles. The number of hydrogen-bond acceptors (Lipinski definition) is 4. The Labute approximate surface area is 150 Å². The van der Waals surface area contributed by atoms with E-state index in [4.69, 9.17) is 0 Å². The van der Waals surface area contributed by atoms with E-state index in [-0.39, 0.29) is 17.9 Å². The maximum atomic E-state index is 12.4. The molecule has 2 N–H and O–H groups in total. The normalized spacial score (nSPS) is 18.8. The van der Waals surface area contributed by atoms with Crippen LogP contribution in [0.2, 0.25) is 0 Å². The fraction of sp³-hybridized carbons (Fsp3) is 0.368. The van der Waals surface area contributed by atoms with Gasteiger partial charge in [0.1, 0.15) is 0 Å². The van der Waals surface area contributed by atoms with Crippen LogP contribution in [0.15, 0.2) is 35.4 Å². The second kappa shape index (κ2) is 6.40. The summed E-state index contributed by atoms with van der Waals surface area (Å²) >= 11 is 0. The van der Waals surface area contributed by atoms with Crippen LogP contribution in [0.1, 0.15) is 34.9 Å². The average Bonchev–Trinajstić information content (AvgIpc) is 3.32. The number of carbonyl (C=O) groups is 1. The molecular formula is C19H21N5O2. The van der Waals surface area contributed by atoms with Crippen LogP contribution in [0.4, 0.5) is 0 Å². The molecule has 26 heavy (non-hydrogen) atoms. The minimum Gasteiger partial charge on any atom is -0.356 e. The molecule has 3 aromatic rings. The third kappa shape index (κ3) is 3.12. The van der Waals surface area contributed by atoms with E-state index in [1.54, 1.807) is 10.7 Å². The number of rotatable bonds is 5. The zero-order valence-electron chi connectivity index (χ0n) is 14.8. The molecule has 4 rings (SSSR count). The molecule has 1 saturated carbocycles. The quantitative estimate of drug-likeness (QED) is 0.729. The van der Waals surface area contributed by atoms with Crippen molar-refractivity contribution in [2.75, 3.05) is 6.54 Å². The van der Waals surface area contributed by atoms with Crippen LogP contribution in [0.5, 0.6) is 0 Å². The van der Waals surface area contributed by atoms with Crippen molar-refractivity contribution in [3.05, 3.63) is 63.5 Å². The number of aromatic nitrogens is 4. The van der Waals surface area contributed by atoms with E-state index in [1.807, 2.05) is 26.1 Å². The van der Waals surface area contributed by atoms with Crippen molar-refractivity contribution < 1.29 is 4.79 Å². The monoisotopic (exact) mass is 351 g/mol. The van der Waals surface area contributed by atoms with Crippen LogP contribution in [0, 0.1) is 19.8 Å². The molecule has 0 saturated heterocycles. The highest BCUT2D eigenvalue weighted by molar-refractivity contribution is 5.79. The van der Waals surface area contributed by atoms with Crippen LogP contribution in [-0.2, 0) is 11.2 Å².